The van der Waals surface area contributed by atoms with E-state index in [0.29, 0.717) is 6.61 Å². The van der Waals surface area contributed by atoms with Gasteiger partial charge in [0.2, 0.25) is 5.91 Å². The molecule has 8 nitrogen and oxygen atoms in total. The third kappa shape index (κ3) is 5.36. The Hall–Kier alpha value is -2.27. The van der Waals surface area contributed by atoms with Crippen LogP contribution in [0, 0.1) is 5.92 Å². The molecule has 1 amide bonds. The van der Waals surface area contributed by atoms with E-state index < -0.39 is 12.1 Å². The minimum absolute atomic E-state index is 0.0383. The lowest BCUT2D eigenvalue weighted by molar-refractivity contribution is -0.192. The van der Waals surface area contributed by atoms with E-state index in [1.807, 2.05) is 0 Å². The van der Waals surface area contributed by atoms with E-state index in [1.54, 1.807) is 17.5 Å². The van der Waals surface area contributed by atoms with Crippen molar-refractivity contribution in [2.24, 2.45) is 5.92 Å². The Morgan fingerprint density at radius 3 is 2.31 bits per heavy atom. The lowest BCUT2D eigenvalue weighted by Crippen LogP contribution is -2.40. The number of halogens is 3. The molecule has 0 aliphatic carbocycles. The fraction of sp³-hybridized carbons (Fsp3) is 0.600. The Balaban J connectivity index is 0.000000298. The van der Waals surface area contributed by atoms with Crippen LogP contribution in [-0.4, -0.2) is 57.9 Å². The Morgan fingerprint density at radius 1 is 1.19 bits per heavy atom. The maximum Gasteiger partial charge on any atom is 0.490 e. The highest BCUT2D eigenvalue weighted by molar-refractivity contribution is 5.78. The first-order valence-corrected chi connectivity index (χ1v) is 8.02. The number of amides is 1. The second-order valence-corrected chi connectivity index (χ2v) is 5.80. The summed E-state index contributed by atoms with van der Waals surface area (Å²) in [4.78, 5) is 35.0. The molecule has 1 aromatic rings. The molecule has 144 valence electrons. The Morgan fingerprint density at radius 2 is 1.77 bits per heavy atom. The number of carbonyl (C=O) groups is 2. The largest absolute Gasteiger partial charge is 0.490 e. The number of nitrogens with one attached hydrogen (secondary N) is 1. The smallest absolute Gasteiger partial charge is 0.475 e. The Kier molecular flexibility index (Phi) is 6.86. The normalized spacial score (nSPS) is 21.0. The monoisotopic (exact) mass is 376 g/mol. The third-order valence-corrected chi connectivity index (χ3v) is 4.02. The summed E-state index contributed by atoms with van der Waals surface area (Å²) in [5.41, 5.74) is 0.947. The van der Waals surface area contributed by atoms with Gasteiger partial charge in [-0.2, -0.15) is 13.2 Å². The minimum atomic E-state index is -5.08. The zero-order valence-electron chi connectivity index (χ0n) is 13.8. The maximum atomic E-state index is 12.5. The van der Waals surface area contributed by atoms with Crippen LogP contribution < -0.4 is 5.32 Å². The molecule has 1 atom stereocenters. The number of carbonyl (C=O) groups excluding carboxylic acids is 1. The number of hydrogen-bond acceptors (Lipinski definition) is 6. The number of aliphatic carboxylic acids is 1. The van der Waals surface area contributed by atoms with Gasteiger partial charge in [-0.05, 0) is 25.9 Å². The van der Waals surface area contributed by atoms with Crippen molar-refractivity contribution in [3.63, 3.8) is 0 Å². The van der Waals surface area contributed by atoms with Crippen molar-refractivity contribution in [2.75, 3.05) is 19.7 Å². The first-order chi connectivity index (χ1) is 12.3. The number of hydroxylamine groups is 2. The van der Waals surface area contributed by atoms with E-state index in [1.165, 1.54) is 6.33 Å². The molecule has 3 heterocycles. The van der Waals surface area contributed by atoms with Crippen molar-refractivity contribution in [1.29, 1.82) is 0 Å². The summed E-state index contributed by atoms with van der Waals surface area (Å²) in [7, 11) is 0. The summed E-state index contributed by atoms with van der Waals surface area (Å²) in [6.45, 7) is 2.39. The molecule has 0 aromatic carbocycles. The summed E-state index contributed by atoms with van der Waals surface area (Å²) in [5.74, 6) is -2.58. The highest BCUT2D eigenvalue weighted by Crippen LogP contribution is 2.32. The van der Waals surface area contributed by atoms with Crippen LogP contribution in [0.4, 0.5) is 13.2 Å². The molecule has 26 heavy (non-hydrogen) atoms. The molecular weight excluding hydrogens is 357 g/mol. The van der Waals surface area contributed by atoms with Gasteiger partial charge in [0.05, 0.1) is 12.6 Å². The molecule has 2 aliphatic rings. The maximum absolute atomic E-state index is 12.5. The SMILES string of the molecule is O=C(C1CCNCC1)N1OCC[C@H]1c1cncnc1.O=C(O)C(F)(F)F. The molecular formula is C15H19F3N4O4. The van der Waals surface area contributed by atoms with Crippen LogP contribution in [-0.2, 0) is 14.4 Å². The Labute approximate surface area is 147 Å². The number of nitrogens with zero attached hydrogens (tertiary/aromatic N) is 3. The van der Waals surface area contributed by atoms with Crippen molar-refractivity contribution >= 4 is 11.9 Å². The zero-order chi connectivity index (χ0) is 19.2. The van der Waals surface area contributed by atoms with Crippen LogP contribution in [0.1, 0.15) is 30.9 Å². The quantitative estimate of drug-likeness (QED) is 0.802. The van der Waals surface area contributed by atoms with E-state index in [-0.39, 0.29) is 17.9 Å². The third-order valence-electron chi connectivity index (χ3n) is 4.02. The molecule has 2 saturated heterocycles. The van der Waals surface area contributed by atoms with E-state index in [2.05, 4.69) is 15.3 Å². The number of alkyl halides is 3. The van der Waals surface area contributed by atoms with Gasteiger partial charge in [-0.15, -0.1) is 0 Å². The number of rotatable bonds is 2. The molecule has 2 N–H and O–H groups in total. The zero-order valence-corrected chi connectivity index (χ0v) is 13.8. The second-order valence-electron chi connectivity index (χ2n) is 5.80. The van der Waals surface area contributed by atoms with Crippen LogP contribution in [0.3, 0.4) is 0 Å². The summed E-state index contributed by atoms with van der Waals surface area (Å²) >= 11 is 0. The summed E-state index contributed by atoms with van der Waals surface area (Å²) in [5, 5.41) is 11.9. The number of carboxylic acids is 1. The van der Waals surface area contributed by atoms with Gasteiger partial charge < -0.3 is 10.4 Å². The summed E-state index contributed by atoms with van der Waals surface area (Å²) in [6.07, 6.45) is 2.51. The molecule has 2 fully saturated rings. The number of carboxylic acid groups (broad SMARTS) is 1. The van der Waals surface area contributed by atoms with E-state index in [4.69, 9.17) is 14.7 Å². The average molecular weight is 376 g/mol. The van der Waals surface area contributed by atoms with Crippen LogP contribution in [0.15, 0.2) is 18.7 Å². The van der Waals surface area contributed by atoms with Gasteiger partial charge in [0, 0.05) is 30.3 Å². The molecule has 0 bridgehead atoms. The molecule has 3 rings (SSSR count). The van der Waals surface area contributed by atoms with E-state index in [0.717, 1.165) is 37.9 Å². The summed E-state index contributed by atoms with van der Waals surface area (Å²) < 4.78 is 31.7. The average Bonchev–Trinajstić information content (AvgIpc) is 3.12. The molecule has 0 unspecified atom stereocenters. The lowest BCUT2D eigenvalue weighted by atomic mass is 9.96. The topological polar surface area (TPSA) is 105 Å². The molecule has 11 heteroatoms. The van der Waals surface area contributed by atoms with Crippen molar-refractivity contribution in [2.45, 2.75) is 31.5 Å². The van der Waals surface area contributed by atoms with Crippen molar-refractivity contribution in [3.05, 3.63) is 24.3 Å². The molecule has 1 aromatic heterocycles. The second kappa shape index (κ2) is 8.90. The predicted molar refractivity (Wildman–Crippen MR) is 81.5 cm³/mol. The summed E-state index contributed by atoms with van der Waals surface area (Å²) in [6, 6.07) is -0.0383. The van der Waals surface area contributed by atoms with Crippen molar-refractivity contribution in [1.82, 2.24) is 20.3 Å². The fourth-order valence-electron chi connectivity index (χ4n) is 2.72. The molecule has 0 spiro atoms. The van der Waals surface area contributed by atoms with Gasteiger partial charge in [-0.1, -0.05) is 0 Å². The number of aromatic nitrogens is 2. The van der Waals surface area contributed by atoms with Crippen LogP contribution >= 0.6 is 0 Å². The van der Waals surface area contributed by atoms with Crippen LogP contribution in [0.25, 0.3) is 0 Å². The molecule has 2 aliphatic heterocycles. The van der Waals surface area contributed by atoms with Crippen molar-refractivity contribution < 1.29 is 32.7 Å². The van der Waals surface area contributed by atoms with Gasteiger partial charge in [-0.25, -0.2) is 19.8 Å². The van der Waals surface area contributed by atoms with Crippen LogP contribution in [0.5, 0.6) is 0 Å². The van der Waals surface area contributed by atoms with Gasteiger partial charge in [0.1, 0.15) is 6.33 Å². The lowest BCUT2D eigenvalue weighted by Gasteiger charge is -2.29. The minimum Gasteiger partial charge on any atom is -0.475 e. The predicted octanol–water partition coefficient (Wildman–Crippen LogP) is 1.31. The van der Waals surface area contributed by atoms with Gasteiger partial charge >= 0.3 is 12.1 Å². The highest BCUT2D eigenvalue weighted by Gasteiger charge is 2.38. The molecule has 0 radical (unpaired) electrons. The van der Waals surface area contributed by atoms with E-state index >= 15 is 0 Å². The van der Waals surface area contributed by atoms with E-state index in [9.17, 15) is 18.0 Å². The standard InChI is InChI=1S/C13H18N4O2.C2HF3O2/c18-13(10-1-4-14-5-2-10)17-12(3-6-19-17)11-7-15-9-16-8-11;3-2(4,5)1(6)7/h7-10,12,14H,1-6H2;(H,6,7)/t12-;/m0./s1. The van der Waals surface area contributed by atoms with Crippen LogP contribution in [0.2, 0.25) is 0 Å². The fourth-order valence-corrected chi connectivity index (χ4v) is 2.72. The number of hydrogen-bond donors (Lipinski definition) is 2. The first-order valence-electron chi connectivity index (χ1n) is 8.02. The number of piperidine rings is 1. The van der Waals surface area contributed by atoms with Crippen molar-refractivity contribution in [3.8, 4) is 0 Å². The van der Waals surface area contributed by atoms with Gasteiger partial charge in [0.25, 0.3) is 0 Å². The first kappa shape index (κ1) is 20.0. The molecule has 0 saturated carbocycles. The highest BCUT2D eigenvalue weighted by atomic mass is 19.4. The van der Waals surface area contributed by atoms with Gasteiger partial charge in [-0.3, -0.25) is 9.63 Å². The van der Waals surface area contributed by atoms with Gasteiger partial charge in [0.15, 0.2) is 0 Å². The Bertz CT molecular complexity index is 609.